The fraction of sp³-hybridized carbons (Fsp3) is 0.207. The van der Waals surface area contributed by atoms with Gasteiger partial charge in [0.25, 0.3) is 17.7 Å². The highest BCUT2D eigenvalue weighted by Gasteiger charge is 2.53. The Kier molecular flexibility index (Phi) is 7.45. The van der Waals surface area contributed by atoms with Crippen LogP contribution >= 0.6 is 22.9 Å². The number of hydrogen-bond acceptors (Lipinski definition) is 7. The molecule has 2 aromatic carbocycles. The maximum absolute atomic E-state index is 13.6. The number of hydrogen-bond donors (Lipinski definition) is 0. The first-order valence-electron chi connectivity index (χ1n) is 12.3. The SMILES string of the molecule is C[C@@H]1C=CC[C@@H]2C(=O)N(N(CC(=O)c3ccc(OC(=O)c4cccs4)cc3)C(=O)c3ccc(Cl)cc3)C(=O)[C@H]12. The Morgan fingerprint density at radius 1 is 1.00 bits per heavy atom. The molecule has 1 aliphatic heterocycles. The van der Waals surface area contributed by atoms with Crippen molar-refractivity contribution in [2.45, 2.75) is 13.3 Å². The number of carbonyl (C=O) groups excluding carboxylic acids is 5. The molecule has 1 fully saturated rings. The molecule has 1 aromatic heterocycles. The lowest BCUT2D eigenvalue weighted by molar-refractivity contribution is -0.154. The van der Waals surface area contributed by atoms with Crippen LogP contribution in [0.5, 0.6) is 5.75 Å². The number of ether oxygens (including phenoxy) is 1. The molecular weight excluding hydrogens is 540 g/mol. The van der Waals surface area contributed by atoms with E-state index in [4.69, 9.17) is 16.3 Å². The standard InChI is InChI=1S/C29H23ClN2O6S/c1-17-4-2-5-22-25(17)28(36)32(27(22)35)31(26(34)19-7-11-20(30)12-8-19)16-23(33)18-9-13-21(14-10-18)38-29(37)24-6-3-15-39-24/h2-4,6-15,17,22,25H,5,16H2,1H3/t17-,22+,25-/m1/s1. The summed E-state index contributed by atoms with van der Waals surface area (Å²) in [4.78, 5) is 66.4. The summed E-state index contributed by atoms with van der Waals surface area (Å²) >= 11 is 7.22. The number of imide groups is 1. The molecule has 0 saturated carbocycles. The summed E-state index contributed by atoms with van der Waals surface area (Å²) in [5, 5.41) is 3.93. The Bertz CT molecular complexity index is 1470. The van der Waals surface area contributed by atoms with Crippen LogP contribution in [0, 0.1) is 17.8 Å². The molecule has 1 aliphatic carbocycles. The molecule has 0 bridgehead atoms. The number of allylic oxidation sites excluding steroid dienone is 2. The molecule has 3 aromatic rings. The van der Waals surface area contributed by atoms with Gasteiger partial charge in [-0.25, -0.2) is 9.80 Å². The zero-order chi connectivity index (χ0) is 27.7. The predicted octanol–water partition coefficient (Wildman–Crippen LogP) is 5.06. The van der Waals surface area contributed by atoms with Gasteiger partial charge in [0.1, 0.15) is 17.2 Å². The summed E-state index contributed by atoms with van der Waals surface area (Å²) < 4.78 is 5.34. The van der Waals surface area contributed by atoms with Crippen molar-refractivity contribution in [3.63, 3.8) is 0 Å². The van der Waals surface area contributed by atoms with Crippen LogP contribution in [0.25, 0.3) is 0 Å². The summed E-state index contributed by atoms with van der Waals surface area (Å²) in [6, 6.07) is 15.2. The summed E-state index contributed by atoms with van der Waals surface area (Å²) in [6.45, 7) is 1.31. The van der Waals surface area contributed by atoms with Gasteiger partial charge < -0.3 is 4.74 Å². The van der Waals surface area contributed by atoms with Crippen LogP contribution in [0.4, 0.5) is 0 Å². The van der Waals surface area contributed by atoms with Gasteiger partial charge in [-0.15, -0.1) is 11.3 Å². The quantitative estimate of drug-likeness (QED) is 0.131. The smallest absolute Gasteiger partial charge is 0.353 e. The molecule has 0 unspecified atom stereocenters. The number of carbonyl (C=O) groups is 5. The van der Waals surface area contributed by atoms with Crippen molar-refractivity contribution in [1.82, 2.24) is 10.0 Å². The summed E-state index contributed by atoms with van der Waals surface area (Å²) in [6.07, 6.45) is 4.14. The van der Waals surface area contributed by atoms with Crippen LogP contribution in [0.15, 0.2) is 78.2 Å². The minimum Gasteiger partial charge on any atom is -0.422 e. The van der Waals surface area contributed by atoms with Crippen LogP contribution < -0.4 is 4.74 Å². The van der Waals surface area contributed by atoms with E-state index in [0.29, 0.717) is 16.3 Å². The lowest BCUT2D eigenvalue weighted by Crippen LogP contribution is -2.52. The largest absolute Gasteiger partial charge is 0.422 e. The van der Waals surface area contributed by atoms with Crippen LogP contribution in [0.1, 0.15) is 43.7 Å². The van der Waals surface area contributed by atoms with Crippen LogP contribution in [-0.2, 0) is 9.59 Å². The minimum absolute atomic E-state index is 0.171. The van der Waals surface area contributed by atoms with Crippen LogP contribution in [-0.4, -0.2) is 46.0 Å². The van der Waals surface area contributed by atoms with Gasteiger partial charge >= 0.3 is 5.97 Å². The lowest BCUT2D eigenvalue weighted by Gasteiger charge is -2.30. The molecule has 2 heterocycles. The van der Waals surface area contributed by atoms with E-state index in [2.05, 4.69) is 0 Å². The second kappa shape index (κ2) is 11.0. The van der Waals surface area contributed by atoms with E-state index in [-0.39, 0.29) is 22.8 Å². The molecule has 1 saturated heterocycles. The molecule has 39 heavy (non-hydrogen) atoms. The first-order valence-corrected chi connectivity index (χ1v) is 13.5. The first kappa shape index (κ1) is 26.5. The van der Waals surface area contributed by atoms with E-state index in [1.54, 1.807) is 17.5 Å². The van der Waals surface area contributed by atoms with Gasteiger partial charge in [0.05, 0.1) is 11.8 Å². The summed E-state index contributed by atoms with van der Waals surface area (Å²) in [5.74, 6) is -3.84. The maximum Gasteiger partial charge on any atom is 0.353 e. The van der Waals surface area contributed by atoms with Crippen molar-refractivity contribution in [1.29, 1.82) is 0 Å². The van der Waals surface area contributed by atoms with Gasteiger partial charge in [-0.05, 0) is 72.3 Å². The number of nitrogens with zero attached hydrogens (tertiary/aromatic N) is 2. The maximum atomic E-state index is 13.6. The highest BCUT2D eigenvalue weighted by atomic mass is 35.5. The Morgan fingerprint density at radius 2 is 1.69 bits per heavy atom. The number of ketones is 1. The topological polar surface area (TPSA) is 101 Å². The monoisotopic (exact) mass is 562 g/mol. The lowest BCUT2D eigenvalue weighted by atomic mass is 9.78. The van der Waals surface area contributed by atoms with Crippen LogP contribution in [0.2, 0.25) is 5.02 Å². The number of fused-ring (bicyclic) bond motifs is 1. The van der Waals surface area contributed by atoms with E-state index in [9.17, 15) is 24.0 Å². The van der Waals surface area contributed by atoms with Crippen molar-refractivity contribution >= 4 is 52.4 Å². The molecule has 198 valence electrons. The van der Waals surface area contributed by atoms with E-state index in [1.807, 2.05) is 19.1 Å². The number of amides is 3. The van der Waals surface area contributed by atoms with E-state index in [0.717, 1.165) is 10.0 Å². The van der Waals surface area contributed by atoms with E-state index in [1.165, 1.54) is 59.9 Å². The van der Waals surface area contributed by atoms with Gasteiger partial charge in [0, 0.05) is 16.1 Å². The third-order valence-corrected chi connectivity index (χ3v) is 7.92. The average molecular weight is 563 g/mol. The van der Waals surface area contributed by atoms with Crippen molar-refractivity contribution in [3.8, 4) is 5.75 Å². The number of halogens is 1. The number of benzene rings is 2. The fourth-order valence-electron chi connectivity index (χ4n) is 4.83. The molecule has 5 rings (SSSR count). The zero-order valence-electron chi connectivity index (χ0n) is 20.8. The van der Waals surface area contributed by atoms with E-state index < -0.39 is 47.9 Å². The zero-order valence-corrected chi connectivity index (χ0v) is 22.4. The first-order chi connectivity index (χ1) is 18.7. The van der Waals surface area contributed by atoms with Gasteiger partial charge in [-0.3, -0.25) is 19.2 Å². The van der Waals surface area contributed by atoms with Crippen molar-refractivity contribution in [2.75, 3.05) is 6.54 Å². The van der Waals surface area contributed by atoms with Crippen molar-refractivity contribution in [3.05, 3.63) is 99.2 Å². The molecule has 10 heteroatoms. The second-order valence-electron chi connectivity index (χ2n) is 9.33. The highest BCUT2D eigenvalue weighted by Crippen LogP contribution is 2.39. The number of thiophene rings is 1. The third-order valence-electron chi connectivity index (χ3n) is 6.82. The molecule has 3 atom stereocenters. The molecule has 0 N–H and O–H groups in total. The molecule has 2 aliphatic rings. The summed E-state index contributed by atoms with van der Waals surface area (Å²) in [7, 11) is 0. The number of rotatable bonds is 7. The van der Waals surface area contributed by atoms with Crippen LogP contribution in [0.3, 0.4) is 0 Å². The Morgan fingerprint density at radius 3 is 2.33 bits per heavy atom. The molecule has 0 spiro atoms. The Balaban J connectivity index is 1.39. The van der Waals surface area contributed by atoms with Crippen molar-refractivity contribution in [2.24, 2.45) is 17.8 Å². The molecule has 8 nitrogen and oxygen atoms in total. The fourth-order valence-corrected chi connectivity index (χ4v) is 5.56. The second-order valence-corrected chi connectivity index (χ2v) is 10.7. The van der Waals surface area contributed by atoms with Gasteiger partial charge in [-0.2, -0.15) is 5.01 Å². The van der Waals surface area contributed by atoms with Crippen molar-refractivity contribution < 1.29 is 28.7 Å². The number of esters is 1. The highest BCUT2D eigenvalue weighted by molar-refractivity contribution is 7.12. The molecular formula is C29H23ClN2O6S. The Labute approximate surface area is 233 Å². The number of Topliss-reactive ketones (excluding diaryl/α,β-unsaturated/α-hetero) is 1. The summed E-state index contributed by atoms with van der Waals surface area (Å²) in [5.41, 5.74) is 0.385. The number of hydrazine groups is 1. The minimum atomic E-state index is -0.678. The van der Waals surface area contributed by atoms with Gasteiger partial charge in [0.15, 0.2) is 5.78 Å². The van der Waals surface area contributed by atoms with Gasteiger partial charge in [-0.1, -0.05) is 36.7 Å². The Hall–Kier alpha value is -4.08. The predicted molar refractivity (Wildman–Crippen MR) is 144 cm³/mol. The van der Waals surface area contributed by atoms with E-state index >= 15 is 0 Å². The normalized spacial score (nSPS) is 20.1. The van der Waals surface area contributed by atoms with Gasteiger partial charge in [0.2, 0.25) is 0 Å². The average Bonchev–Trinajstić information content (AvgIpc) is 3.56. The molecule has 3 amide bonds. The molecule has 0 radical (unpaired) electrons. The third kappa shape index (κ3) is 5.28.